The van der Waals surface area contributed by atoms with Crippen molar-refractivity contribution in [2.75, 3.05) is 31.1 Å². The lowest BCUT2D eigenvalue weighted by Crippen LogP contribution is -2.58. The van der Waals surface area contributed by atoms with Crippen LogP contribution in [0.4, 0.5) is 5.82 Å². The fourth-order valence-corrected chi connectivity index (χ4v) is 7.41. The number of rotatable bonds is 2. The van der Waals surface area contributed by atoms with Crippen LogP contribution in [0.3, 0.4) is 0 Å². The molecule has 5 heteroatoms. The van der Waals surface area contributed by atoms with Gasteiger partial charge in [0.1, 0.15) is 11.0 Å². The molecule has 29 heavy (non-hydrogen) atoms. The second kappa shape index (κ2) is 6.60. The predicted molar refractivity (Wildman–Crippen MR) is 116 cm³/mol. The Kier molecular flexibility index (Phi) is 4.09. The Bertz CT molecular complexity index is 930. The molecule has 5 aliphatic rings. The SMILES string of the molecule is O=C(N1CCN(c2cc3ccccc3c(Cl)n2)CC1)C12CC3CC(CC(C3)C1)C2. The van der Waals surface area contributed by atoms with E-state index in [1.54, 1.807) is 0 Å². The largest absolute Gasteiger partial charge is 0.353 e. The zero-order chi connectivity index (χ0) is 19.6. The minimum absolute atomic E-state index is 0.0264. The van der Waals surface area contributed by atoms with Gasteiger partial charge in [-0.3, -0.25) is 4.79 Å². The van der Waals surface area contributed by atoms with E-state index in [4.69, 9.17) is 11.6 Å². The predicted octanol–water partition coefficient (Wildman–Crippen LogP) is 4.75. The van der Waals surface area contributed by atoms with E-state index in [1.165, 1.54) is 19.3 Å². The van der Waals surface area contributed by atoms with E-state index in [0.717, 1.165) is 79.8 Å². The van der Waals surface area contributed by atoms with Gasteiger partial charge in [0, 0.05) is 31.6 Å². The van der Waals surface area contributed by atoms with Crippen LogP contribution < -0.4 is 4.90 Å². The summed E-state index contributed by atoms with van der Waals surface area (Å²) in [5, 5.41) is 2.67. The average Bonchev–Trinajstić information content (AvgIpc) is 2.72. The van der Waals surface area contributed by atoms with Crippen molar-refractivity contribution < 1.29 is 4.79 Å². The average molecular weight is 410 g/mol. The fraction of sp³-hybridized carbons (Fsp3) is 0.583. The van der Waals surface area contributed by atoms with E-state index in [2.05, 4.69) is 26.9 Å². The number of amides is 1. The van der Waals surface area contributed by atoms with Gasteiger partial charge >= 0.3 is 0 Å². The van der Waals surface area contributed by atoms with Crippen molar-refractivity contribution >= 4 is 34.1 Å². The summed E-state index contributed by atoms with van der Waals surface area (Å²) in [6, 6.07) is 10.2. The van der Waals surface area contributed by atoms with E-state index in [-0.39, 0.29) is 5.41 Å². The van der Waals surface area contributed by atoms with E-state index in [9.17, 15) is 4.79 Å². The van der Waals surface area contributed by atoms with Crippen LogP contribution in [0.1, 0.15) is 38.5 Å². The highest BCUT2D eigenvalue weighted by Crippen LogP contribution is 2.60. The van der Waals surface area contributed by atoms with Gasteiger partial charge in [0.2, 0.25) is 5.91 Å². The Labute approximate surface area is 177 Å². The first kappa shape index (κ1) is 18.0. The Balaban J connectivity index is 1.18. The van der Waals surface area contributed by atoms with Gasteiger partial charge in [-0.25, -0.2) is 4.98 Å². The number of pyridine rings is 1. The monoisotopic (exact) mass is 409 g/mol. The number of carbonyl (C=O) groups excluding carboxylic acids is 1. The van der Waals surface area contributed by atoms with Gasteiger partial charge in [-0.15, -0.1) is 0 Å². The number of benzene rings is 1. The quantitative estimate of drug-likeness (QED) is 0.671. The highest BCUT2D eigenvalue weighted by atomic mass is 35.5. The third-order valence-corrected chi connectivity index (χ3v) is 8.35. The number of aromatic nitrogens is 1. The number of carbonyl (C=O) groups is 1. The maximum Gasteiger partial charge on any atom is 0.228 e. The third kappa shape index (κ3) is 2.94. The van der Waals surface area contributed by atoms with E-state index < -0.39 is 0 Å². The molecule has 4 saturated carbocycles. The molecule has 1 aromatic carbocycles. The van der Waals surface area contributed by atoms with Gasteiger partial charge in [0.05, 0.1) is 5.41 Å². The summed E-state index contributed by atoms with van der Waals surface area (Å²) in [7, 11) is 0. The molecule has 2 heterocycles. The molecule has 1 aliphatic heterocycles. The summed E-state index contributed by atoms with van der Waals surface area (Å²) in [4.78, 5) is 22.7. The third-order valence-electron chi connectivity index (χ3n) is 8.06. The van der Waals surface area contributed by atoms with Crippen LogP contribution >= 0.6 is 11.6 Å². The van der Waals surface area contributed by atoms with Crippen LogP contribution in [-0.4, -0.2) is 42.0 Å². The molecular weight excluding hydrogens is 382 g/mol. The number of hydrogen-bond donors (Lipinski definition) is 0. The molecular formula is C24H28ClN3O. The zero-order valence-electron chi connectivity index (χ0n) is 16.8. The van der Waals surface area contributed by atoms with Crippen LogP contribution in [0.2, 0.25) is 5.15 Å². The molecule has 1 saturated heterocycles. The van der Waals surface area contributed by atoms with Crippen LogP contribution in [0.25, 0.3) is 10.8 Å². The molecule has 0 atom stereocenters. The molecule has 2 aromatic rings. The highest BCUT2D eigenvalue weighted by molar-refractivity contribution is 6.34. The van der Waals surface area contributed by atoms with Crippen molar-refractivity contribution in [1.82, 2.24) is 9.88 Å². The number of halogens is 1. The fourth-order valence-electron chi connectivity index (χ4n) is 7.15. The smallest absolute Gasteiger partial charge is 0.228 e. The van der Waals surface area contributed by atoms with Crippen molar-refractivity contribution in [3.05, 3.63) is 35.5 Å². The van der Waals surface area contributed by atoms with Crippen LogP contribution in [0.5, 0.6) is 0 Å². The molecule has 4 nitrogen and oxygen atoms in total. The number of piperazine rings is 1. The molecule has 7 rings (SSSR count). The number of anilines is 1. The molecule has 0 spiro atoms. The number of nitrogens with zero attached hydrogens (tertiary/aromatic N) is 3. The van der Waals surface area contributed by atoms with Gasteiger partial charge in [-0.1, -0.05) is 35.9 Å². The molecule has 4 bridgehead atoms. The van der Waals surface area contributed by atoms with Crippen molar-refractivity contribution in [2.45, 2.75) is 38.5 Å². The first-order chi connectivity index (χ1) is 14.1. The summed E-state index contributed by atoms with van der Waals surface area (Å²) in [6.07, 6.45) is 7.61. The molecule has 1 amide bonds. The standard InChI is InChI=1S/C24H28ClN3O/c25-22-20-4-2-1-3-19(20)12-21(26-22)27-5-7-28(8-6-27)23(29)24-13-16-9-17(14-24)11-18(10-16)15-24/h1-4,12,16-18H,5-11,13-15H2. The first-order valence-electron chi connectivity index (χ1n) is 11.2. The van der Waals surface area contributed by atoms with Gasteiger partial charge < -0.3 is 9.80 Å². The van der Waals surface area contributed by atoms with Crippen molar-refractivity contribution in [1.29, 1.82) is 0 Å². The van der Waals surface area contributed by atoms with Crippen molar-refractivity contribution in [3.63, 3.8) is 0 Å². The number of fused-ring (bicyclic) bond motifs is 1. The first-order valence-corrected chi connectivity index (χ1v) is 11.6. The van der Waals surface area contributed by atoms with Crippen LogP contribution in [0, 0.1) is 23.2 Å². The van der Waals surface area contributed by atoms with Gasteiger partial charge in [-0.2, -0.15) is 0 Å². The van der Waals surface area contributed by atoms with E-state index in [0.29, 0.717) is 11.1 Å². The molecule has 152 valence electrons. The molecule has 0 unspecified atom stereocenters. The maximum absolute atomic E-state index is 13.6. The Hall–Kier alpha value is -1.81. The van der Waals surface area contributed by atoms with Crippen LogP contribution in [-0.2, 0) is 4.79 Å². The number of hydrogen-bond acceptors (Lipinski definition) is 3. The Morgan fingerprint density at radius 1 is 0.966 bits per heavy atom. The topological polar surface area (TPSA) is 36.4 Å². The molecule has 0 N–H and O–H groups in total. The molecule has 0 radical (unpaired) electrons. The summed E-state index contributed by atoms with van der Waals surface area (Å²) in [5.74, 6) is 3.83. The van der Waals surface area contributed by atoms with E-state index >= 15 is 0 Å². The minimum atomic E-state index is -0.0264. The Morgan fingerprint density at radius 3 is 2.24 bits per heavy atom. The lowest BCUT2D eigenvalue weighted by atomic mass is 9.49. The van der Waals surface area contributed by atoms with Gasteiger partial charge in [-0.05, 0) is 67.7 Å². The highest BCUT2D eigenvalue weighted by Gasteiger charge is 2.55. The lowest BCUT2D eigenvalue weighted by molar-refractivity contribution is -0.158. The lowest BCUT2D eigenvalue weighted by Gasteiger charge is -2.57. The summed E-state index contributed by atoms with van der Waals surface area (Å²) < 4.78 is 0. The zero-order valence-corrected chi connectivity index (χ0v) is 17.6. The Morgan fingerprint density at radius 2 is 1.59 bits per heavy atom. The summed E-state index contributed by atoms with van der Waals surface area (Å²) in [5.41, 5.74) is -0.0264. The van der Waals surface area contributed by atoms with Gasteiger partial charge in [0.25, 0.3) is 0 Å². The summed E-state index contributed by atoms with van der Waals surface area (Å²) in [6.45, 7) is 3.26. The molecule has 1 aromatic heterocycles. The van der Waals surface area contributed by atoms with Crippen LogP contribution in [0.15, 0.2) is 30.3 Å². The van der Waals surface area contributed by atoms with Crippen molar-refractivity contribution in [2.24, 2.45) is 23.2 Å². The molecule has 4 aliphatic carbocycles. The van der Waals surface area contributed by atoms with Crippen molar-refractivity contribution in [3.8, 4) is 0 Å². The van der Waals surface area contributed by atoms with Gasteiger partial charge in [0.15, 0.2) is 0 Å². The maximum atomic E-state index is 13.6. The van der Waals surface area contributed by atoms with E-state index in [1.807, 2.05) is 18.2 Å². The normalized spacial score (nSPS) is 33.5. The summed E-state index contributed by atoms with van der Waals surface area (Å²) >= 11 is 6.43. The second-order valence-electron chi connectivity index (χ2n) is 9.97. The minimum Gasteiger partial charge on any atom is -0.353 e. The second-order valence-corrected chi connectivity index (χ2v) is 10.3. The molecule has 5 fully saturated rings.